The van der Waals surface area contributed by atoms with Gasteiger partial charge in [0, 0.05) is 17.4 Å². The Balaban J connectivity index is 0.842. The van der Waals surface area contributed by atoms with Gasteiger partial charge in [0.25, 0.3) is 0 Å². The smallest absolute Gasteiger partial charge is 0.127 e. The van der Waals surface area contributed by atoms with Gasteiger partial charge in [-0.05, 0) is 221 Å². The Morgan fingerprint density at radius 3 is 1.37 bits per heavy atom. The van der Waals surface area contributed by atoms with Crippen molar-refractivity contribution in [2.45, 2.75) is 153 Å². The summed E-state index contributed by atoms with van der Waals surface area (Å²) in [5, 5.41) is 0. The van der Waals surface area contributed by atoms with E-state index in [0.29, 0.717) is 6.61 Å². The van der Waals surface area contributed by atoms with Crippen molar-refractivity contribution in [2.24, 2.45) is 0 Å². The van der Waals surface area contributed by atoms with Crippen LogP contribution < -0.4 is 4.74 Å². The summed E-state index contributed by atoms with van der Waals surface area (Å²) in [4.78, 5) is 0. The van der Waals surface area contributed by atoms with Gasteiger partial charge >= 0.3 is 0 Å². The van der Waals surface area contributed by atoms with Crippen LogP contribution in [0.5, 0.6) is 5.75 Å². The monoisotopic (exact) mass is 1100 g/mol. The molecule has 422 valence electrons. The minimum absolute atomic E-state index is 0.145. The number of unbranched alkanes of at least 4 members (excludes halogenated alkanes) is 3. The van der Waals surface area contributed by atoms with E-state index >= 15 is 0 Å². The van der Waals surface area contributed by atoms with E-state index in [2.05, 4.69) is 232 Å². The van der Waals surface area contributed by atoms with Crippen molar-refractivity contribution in [3.63, 3.8) is 0 Å². The number of hydrogen-bond donors (Lipinski definition) is 0. The zero-order chi connectivity index (χ0) is 56.6. The van der Waals surface area contributed by atoms with Gasteiger partial charge in [-0.1, -0.05) is 250 Å². The highest BCUT2D eigenvalue weighted by atomic mass is 16.5. The molecule has 2 unspecified atom stereocenters. The zero-order valence-electron chi connectivity index (χ0n) is 49.9. The first-order valence-corrected chi connectivity index (χ1v) is 32.3. The van der Waals surface area contributed by atoms with E-state index in [1.54, 1.807) is 11.1 Å². The second kappa shape index (κ2) is 26.0. The molecule has 0 N–H and O–H groups in total. The van der Waals surface area contributed by atoms with Crippen molar-refractivity contribution < 1.29 is 4.74 Å². The minimum atomic E-state index is 0.145. The van der Waals surface area contributed by atoms with Crippen molar-refractivity contribution in [1.82, 2.24) is 0 Å². The van der Waals surface area contributed by atoms with Crippen LogP contribution in [0.4, 0.5) is 0 Å². The van der Waals surface area contributed by atoms with Crippen molar-refractivity contribution in [1.29, 1.82) is 0 Å². The average molecular weight is 1100 g/mol. The zero-order valence-corrected chi connectivity index (χ0v) is 49.9. The van der Waals surface area contributed by atoms with Crippen LogP contribution in [0.15, 0.2) is 206 Å². The van der Waals surface area contributed by atoms with Crippen LogP contribution in [0.25, 0.3) is 23.3 Å². The number of ether oxygens (including phenoxy) is 1. The first kappa shape index (κ1) is 55.4. The standard InChI is InChI=1S/C83H84O/c1-58-22-18-39-71(46-58)82(64-32-7-4-8-33-64)73-43-41-68-50-77(54-75(68)52-73)79-57-81(84-45-17-16-25-61-27-21-38-67(49-61)63-30-14-15-31-63)80(56-70(79)36-11-3-6-24-60-26-20-37-66(48-60)62-28-12-13-29-62)78-51-69-42-44-74(53-76(69)55-78)83(65-34-9-5-10-35-65)72-40-19-23-59(2)47-72/h4-5,7-10,18-23,26-27,32-35,37-44,46-49,52-57,62-63,82-83H,3,6,11-17,24-25,28-31,36,45,50-51H2,1-2H3. The topological polar surface area (TPSA) is 9.23 Å². The minimum Gasteiger partial charge on any atom is -0.493 e. The van der Waals surface area contributed by atoms with Crippen LogP contribution in [0.1, 0.15) is 213 Å². The third kappa shape index (κ3) is 12.8. The summed E-state index contributed by atoms with van der Waals surface area (Å²) < 4.78 is 7.24. The fraction of sp³-hybridized carbons (Fsp3) is 0.301. The summed E-state index contributed by atoms with van der Waals surface area (Å²) in [7, 11) is 0. The first-order chi connectivity index (χ1) is 41.4. The van der Waals surface area contributed by atoms with Gasteiger partial charge in [0.15, 0.2) is 0 Å². The van der Waals surface area contributed by atoms with Crippen LogP contribution in [-0.4, -0.2) is 6.61 Å². The van der Waals surface area contributed by atoms with Crippen molar-refractivity contribution >= 4 is 23.3 Å². The van der Waals surface area contributed by atoms with Crippen LogP contribution in [0, 0.1) is 13.8 Å². The molecule has 2 atom stereocenters. The lowest BCUT2D eigenvalue weighted by atomic mass is 9.83. The van der Waals surface area contributed by atoms with Gasteiger partial charge in [0.1, 0.15) is 5.75 Å². The van der Waals surface area contributed by atoms with Gasteiger partial charge in [0.05, 0.1) is 6.61 Å². The molecule has 0 heterocycles. The molecule has 2 saturated carbocycles. The van der Waals surface area contributed by atoms with Gasteiger partial charge in [-0.25, -0.2) is 0 Å². The average Bonchev–Trinajstić information content (AvgIpc) is 4.55. The van der Waals surface area contributed by atoms with Crippen molar-refractivity contribution in [3.05, 3.63) is 312 Å². The van der Waals surface area contributed by atoms with Gasteiger partial charge in [0.2, 0.25) is 0 Å². The number of fused-ring (bicyclic) bond motifs is 2. The Kier molecular flexibility index (Phi) is 17.2. The molecule has 1 nitrogen and oxygen atoms in total. The molecule has 13 rings (SSSR count). The van der Waals surface area contributed by atoms with E-state index in [-0.39, 0.29) is 11.8 Å². The summed E-state index contributed by atoms with van der Waals surface area (Å²) in [6.45, 7) is 5.11. The third-order valence-corrected chi connectivity index (χ3v) is 19.4. The molecule has 1 heteroatoms. The SMILES string of the molecule is Cc1cccc(C(c2ccccc2)c2ccc3c(c2)C=C(c2cc(OCCCCc4cccc(C5CCCC5)c4)c(C4=Cc5cc(C(c6ccccc6)c6cccc(C)c6)ccc5C4)cc2CCCCCc2cccc(C4CCCC4)c2)C3)c1. The number of benzene rings is 9. The molecular formula is C83H84O. The maximum Gasteiger partial charge on any atom is 0.127 e. The number of allylic oxidation sites excluding steroid dienone is 2. The Bertz CT molecular complexity index is 3540. The van der Waals surface area contributed by atoms with Crippen LogP contribution in [-0.2, 0) is 32.1 Å². The molecule has 9 aromatic rings. The summed E-state index contributed by atoms with van der Waals surface area (Å²) >= 11 is 0. The molecule has 0 radical (unpaired) electrons. The van der Waals surface area contributed by atoms with Crippen LogP contribution in [0.3, 0.4) is 0 Å². The lowest BCUT2D eigenvalue weighted by Crippen LogP contribution is -2.05. The normalized spacial score (nSPS) is 15.6. The third-order valence-electron chi connectivity index (χ3n) is 19.4. The Hall–Kier alpha value is -7.74. The molecule has 84 heavy (non-hydrogen) atoms. The maximum absolute atomic E-state index is 7.24. The van der Waals surface area contributed by atoms with Crippen molar-refractivity contribution in [2.75, 3.05) is 6.61 Å². The molecule has 0 bridgehead atoms. The Morgan fingerprint density at radius 1 is 0.381 bits per heavy atom. The number of aryl methyl sites for hydroxylation is 5. The highest BCUT2D eigenvalue weighted by molar-refractivity contribution is 5.94. The van der Waals surface area contributed by atoms with Gasteiger partial charge in [-0.2, -0.15) is 0 Å². The molecule has 0 amide bonds. The molecular weight excluding hydrogens is 1010 g/mol. The van der Waals surface area contributed by atoms with Gasteiger partial charge in [-0.15, -0.1) is 0 Å². The van der Waals surface area contributed by atoms with E-state index in [0.717, 1.165) is 69.0 Å². The quantitative estimate of drug-likeness (QED) is 0.0485. The van der Waals surface area contributed by atoms with E-state index in [4.69, 9.17) is 4.74 Å². The molecule has 0 aromatic heterocycles. The second-order valence-electron chi connectivity index (χ2n) is 25.4. The molecule has 4 aliphatic carbocycles. The van der Waals surface area contributed by atoms with E-state index in [9.17, 15) is 0 Å². The van der Waals surface area contributed by atoms with Crippen LogP contribution in [0.2, 0.25) is 0 Å². The number of hydrogen-bond acceptors (Lipinski definition) is 1. The number of rotatable bonds is 22. The largest absolute Gasteiger partial charge is 0.493 e. The predicted molar refractivity (Wildman–Crippen MR) is 355 cm³/mol. The molecule has 9 aromatic carbocycles. The summed E-state index contributed by atoms with van der Waals surface area (Å²) in [6.07, 6.45) is 26.7. The van der Waals surface area contributed by atoms with Crippen LogP contribution >= 0.6 is 0 Å². The predicted octanol–water partition coefficient (Wildman–Crippen LogP) is 21.5. The van der Waals surface area contributed by atoms with E-state index in [1.165, 1.54) is 170 Å². The molecule has 0 aliphatic heterocycles. The van der Waals surface area contributed by atoms with Crippen molar-refractivity contribution in [3.8, 4) is 5.75 Å². The first-order valence-electron chi connectivity index (χ1n) is 32.3. The fourth-order valence-corrected chi connectivity index (χ4v) is 15.0. The van der Waals surface area contributed by atoms with E-state index < -0.39 is 0 Å². The molecule has 2 fully saturated rings. The molecule has 0 saturated heterocycles. The van der Waals surface area contributed by atoms with Gasteiger partial charge in [-0.3, -0.25) is 0 Å². The van der Waals surface area contributed by atoms with Gasteiger partial charge < -0.3 is 4.74 Å². The lowest BCUT2D eigenvalue weighted by molar-refractivity contribution is 0.306. The maximum atomic E-state index is 7.24. The fourth-order valence-electron chi connectivity index (χ4n) is 15.0. The lowest BCUT2D eigenvalue weighted by Gasteiger charge is -2.20. The second-order valence-corrected chi connectivity index (χ2v) is 25.4. The van der Waals surface area contributed by atoms with E-state index in [1.807, 2.05) is 0 Å². The summed E-state index contributed by atoms with van der Waals surface area (Å²) in [5.74, 6) is 2.82. The highest BCUT2D eigenvalue weighted by Crippen LogP contribution is 2.45. The highest BCUT2D eigenvalue weighted by Gasteiger charge is 2.27. The molecule has 0 spiro atoms. The summed E-state index contributed by atoms with van der Waals surface area (Å²) in [5.41, 5.74) is 29.0. The molecule has 4 aliphatic rings. The Labute approximate surface area is 502 Å². The summed E-state index contributed by atoms with van der Waals surface area (Å²) in [6, 6.07) is 79.2. The Morgan fingerprint density at radius 2 is 0.845 bits per heavy atom.